The molecule has 0 unspecified atom stereocenters. The largest absolute Gasteiger partial charge is 0.490 e. The third-order valence-corrected chi connectivity index (χ3v) is 5.83. The zero-order valence-corrected chi connectivity index (χ0v) is 22.1. The molecular formula is C29H25N3O9. The molecule has 4 rings (SSSR count). The average Bonchev–Trinajstić information content (AvgIpc) is 2.95. The quantitative estimate of drug-likeness (QED) is 0.125. The van der Waals surface area contributed by atoms with E-state index in [2.05, 4.69) is 5.32 Å². The molecule has 0 bridgehead atoms. The van der Waals surface area contributed by atoms with Crippen molar-refractivity contribution in [2.75, 3.05) is 18.1 Å². The number of nitro benzene ring substituents is 1. The van der Waals surface area contributed by atoms with Crippen molar-refractivity contribution in [1.82, 2.24) is 5.32 Å². The van der Waals surface area contributed by atoms with Crippen molar-refractivity contribution in [3.05, 3.63) is 99.1 Å². The number of carbonyl (C=O) groups is 4. The molecule has 1 aliphatic heterocycles. The Bertz CT molecular complexity index is 1550. The third kappa shape index (κ3) is 6.56. The first-order chi connectivity index (χ1) is 19.7. The summed E-state index contributed by atoms with van der Waals surface area (Å²) < 4.78 is 16.4. The second kappa shape index (κ2) is 12.6. The minimum atomic E-state index is -0.930. The summed E-state index contributed by atoms with van der Waals surface area (Å²) >= 11 is 0. The number of imide groups is 2. The molecule has 41 heavy (non-hydrogen) atoms. The Kier molecular flexibility index (Phi) is 8.72. The Balaban J connectivity index is 1.57. The number of anilines is 1. The average molecular weight is 560 g/mol. The van der Waals surface area contributed by atoms with Crippen molar-refractivity contribution in [3.8, 4) is 11.5 Å². The topological polar surface area (TPSA) is 154 Å². The number of nitrogens with one attached hydrogen (secondary N) is 1. The number of non-ortho nitro benzene ring substituents is 1. The molecule has 12 nitrogen and oxygen atoms in total. The van der Waals surface area contributed by atoms with Gasteiger partial charge in [0.05, 0.1) is 29.4 Å². The number of hydrogen-bond donors (Lipinski definition) is 1. The Labute approximate surface area is 234 Å². The number of benzene rings is 3. The molecule has 210 valence electrons. The van der Waals surface area contributed by atoms with E-state index in [1.54, 1.807) is 44.2 Å². The lowest BCUT2D eigenvalue weighted by molar-refractivity contribution is -0.384. The number of esters is 1. The lowest BCUT2D eigenvalue weighted by Gasteiger charge is -2.26. The standard InChI is InChI=1S/C29H25N3O9/c1-3-39-25-16-18(8-13-24(25)41-17-19-6-5-7-22(14-19)32(37)38)15-23-26(33)30-29(36)31(27(23)34)21-11-9-20(10-12-21)28(35)40-4-2/h5-16H,3-4,17H2,1-2H3,(H,30,33,36)/b23-15+. The van der Waals surface area contributed by atoms with E-state index in [0.29, 0.717) is 22.6 Å². The molecule has 0 radical (unpaired) electrons. The number of nitrogens with zero attached hydrogens (tertiary/aromatic N) is 2. The number of barbiturate groups is 1. The predicted molar refractivity (Wildman–Crippen MR) is 146 cm³/mol. The predicted octanol–water partition coefficient (Wildman–Crippen LogP) is 4.42. The van der Waals surface area contributed by atoms with Crippen LogP contribution in [-0.2, 0) is 20.9 Å². The Morgan fingerprint density at radius 2 is 1.71 bits per heavy atom. The highest BCUT2D eigenvalue weighted by Gasteiger charge is 2.37. The van der Waals surface area contributed by atoms with Crippen LogP contribution in [0.15, 0.2) is 72.3 Å². The molecule has 0 spiro atoms. The fraction of sp³-hybridized carbons (Fsp3) is 0.172. The van der Waals surface area contributed by atoms with Crippen molar-refractivity contribution in [2.45, 2.75) is 20.5 Å². The van der Waals surface area contributed by atoms with E-state index >= 15 is 0 Å². The van der Waals surface area contributed by atoms with Crippen LogP contribution in [0.2, 0.25) is 0 Å². The molecule has 0 aliphatic carbocycles. The van der Waals surface area contributed by atoms with Crippen LogP contribution in [0, 0.1) is 10.1 Å². The van der Waals surface area contributed by atoms with Crippen LogP contribution in [0.25, 0.3) is 6.08 Å². The van der Waals surface area contributed by atoms with Crippen LogP contribution in [0.3, 0.4) is 0 Å². The molecule has 0 aromatic heterocycles. The van der Waals surface area contributed by atoms with Gasteiger partial charge in [-0.15, -0.1) is 0 Å². The van der Waals surface area contributed by atoms with Crippen LogP contribution in [0.1, 0.15) is 35.3 Å². The van der Waals surface area contributed by atoms with Crippen molar-refractivity contribution in [2.24, 2.45) is 0 Å². The first kappa shape index (κ1) is 28.5. The molecular weight excluding hydrogens is 534 g/mol. The summed E-state index contributed by atoms with van der Waals surface area (Å²) in [6.07, 6.45) is 1.32. The number of carbonyl (C=O) groups excluding carboxylic acids is 4. The second-order valence-electron chi connectivity index (χ2n) is 8.58. The third-order valence-electron chi connectivity index (χ3n) is 5.83. The van der Waals surface area contributed by atoms with Crippen LogP contribution >= 0.6 is 0 Å². The maximum Gasteiger partial charge on any atom is 0.338 e. The summed E-state index contributed by atoms with van der Waals surface area (Å²) in [6, 6.07) is 15.5. The minimum absolute atomic E-state index is 0.0368. The van der Waals surface area contributed by atoms with Gasteiger partial charge in [-0.05, 0) is 67.4 Å². The molecule has 0 saturated carbocycles. The van der Waals surface area contributed by atoms with Gasteiger partial charge in [0.15, 0.2) is 11.5 Å². The second-order valence-corrected chi connectivity index (χ2v) is 8.58. The number of ether oxygens (including phenoxy) is 3. The highest BCUT2D eigenvalue weighted by atomic mass is 16.6. The zero-order valence-electron chi connectivity index (χ0n) is 22.1. The van der Waals surface area contributed by atoms with Gasteiger partial charge in [-0.2, -0.15) is 0 Å². The van der Waals surface area contributed by atoms with Gasteiger partial charge < -0.3 is 14.2 Å². The van der Waals surface area contributed by atoms with Crippen LogP contribution in [0.4, 0.5) is 16.2 Å². The summed E-state index contributed by atoms with van der Waals surface area (Å²) in [6.45, 7) is 3.96. The van der Waals surface area contributed by atoms with Crippen molar-refractivity contribution in [1.29, 1.82) is 0 Å². The molecule has 12 heteroatoms. The van der Waals surface area contributed by atoms with Gasteiger partial charge in [0.1, 0.15) is 12.2 Å². The molecule has 1 aliphatic rings. The highest BCUT2D eigenvalue weighted by molar-refractivity contribution is 6.39. The Morgan fingerprint density at radius 3 is 2.39 bits per heavy atom. The maximum absolute atomic E-state index is 13.3. The van der Waals surface area contributed by atoms with Crippen LogP contribution < -0.4 is 19.7 Å². The molecule has 3 aromatic carbocycles. The number of rotatable bonds is 10. The molecule has 3 aromatic rings. The monoisotopic (exact) mass is 559 g/mol. The fourth-order valence-electron chi connectivity index (χ4n) is 3.94. The zero-order chi connectivity index (χ0) is 29.5. The van der Waals surface area contributed by atoms with Gasteiger partial charge in [-0.3, -0.25) is 25.0 Å². The van der Waals surface area contributed by atoms with Crippen molar-refractivity contribution < 1.29 is 38.3 Å². The van der Waals surface area contributed by atoms with E-state index in [-0.39, 0.29) is 42.3 Å². The minimum Gasteiger partial charge on any atom is -0.490 e. The maximum atomic E-state index is 13.3. The summed E-state index contributed by atoms with van der Waals surface area (Å²) in [5.41, 5.74) is 1.03. The van der Waals surface area contributed by atoms with E-state index in [4.69, 9.17) is 14.2 Å². The molecule has 1 heterocycles. The van der Waals surface area contributed by atoms with Crippen molar-refractivity contribution in [3.63, 3.8) is 0 Å². The van der Waals surface area contributed by atoms with Crippen LogP contribution in [-0.4, -0.2) is 42.0 Å². The summed E-state index contributed by atoms with van der Waals surface area (Å²) in [7, 11) is 0. The van der Waals surface area contributed by atoms with Crippen LogP contribution in [0.5, 0.6) is 11.5 Å². The number of hydrogen-bond acceptors (Lipinski definition) is 9. The molecule has 1 fully saturated rings. The van der Waals surface area contributed by atoms with E-state index in [9.17, 15) is 29.3 Å². The van der Waals surface area contributed by atoms with E-state index in [1.807, 2.05) is 0 Å². The van der Waals surface area contributed by atoms with E-state index < -0.39 is 28.7 Å². The van der Waals surface area contributed by atoms with Crippen molar-refractivity contribution >= 4 is 41.3 Å². The Morgan fingerprint density at radius 1 is 0.951 bits per heavy atom. The molecule has 1 saturated heterocycles. The van der Waals surface area contributed by atoms with Gasteiger partial charge in [0.25, 0.3) is 17.5 Å². The summed E-state index contributed by atoms with van der Waals surface area (Å²) in [4.78, 5) is 61.7. The number of nitro groups is 1. The molecule has 0 atom stereocenters. The van der Waals surface area contributed by atoms with Gasteiger partial charge in [0.2, 0.25) is 0 Å². The normalized spacial score (nSPS) is 14.0. The smallest absolute Gasteiger partial charge is 0.338 e. The lowest BCUT2D eigenvalue weighted by Crippen LogP contribution is -2.54. The van der Waals surface area contributed by atoms with Gasteiger partial charge in [0, 0.05) is 12.1 Å². The summed E-state index contributed by atoms with van der Waals surface area (Å²) in [5, 5.41) is 13.2. The van der Waals surface area contributed by atoms with Gasteiger partial charge in [-0.25, -0.2) is 14.5 Å². The Hall–Kier alpha value is -5.52. The molecule has 1 N–H and O–H groups in total. The first-order valence-corrected chi connectivity index (χ1v) is 12.5. The highest BCUT2D eigenvalue weighted by Crippen LogP contribution is 2.31. The van der Waals surface area contributed by atoms with Gasteiger partial charge in [-0.1, -0.05) is 18.2 Å². The van der Waals surface area contributed by atoms with E-state index in [0.717, 1.165) is 4.90 Å². The summed E-state index contributed by atoms with van der Waals surface area (Å²) in [5.74, 6) is -1.61. The lowest BCUT2D eigenvalue weighted by atomic mass is 10.1. The molecule has 4 amide bonds. The SMILES string of the molecule is CCOC(=O)c1ccc(N2C(=O)NC(=O)/C(=C\c3ccc(OCc4cccc([N+](=O)[O-])c4)c(OCC)c3)C2=O)cc1. The van der Waals surface area contributed by atoms with E-state index in [1.165, 1.54) is 42.5 Å². The first-order valence-electron chi connectivity index (χ1n) is 12.5. The number of urea groups is 1. The van der Waals surface area contributed by atoms with Gasteiger partial charge >= 0.3 is 12.0 Å². The number of amides is 4. The fourth-order valence-corrected chi connectivity index (χ4v) is 3.94.